The number of hydrogen-bond acceptors (Lipinski definition) is 8. The first-order valence-corrected chi connectivity index (χ1v) is 6.98. The Morgan fingerprint density at radius 1 is 1.30 bits per heavy atom. The number of aromatic nitrogens is 5. The van der Waals surface area contributed by atoms with Gasteiger partial charge >= 0.3 is 6.01 Å². The Morgan fingerprint density at radius 2 is 2.17 bits per heavy atom. The van der Waals surface area contributed by atoms with Crippen LogP contribution >= 0.6 is 0 Å². The maximum atomic E-state index is 12.1. The molecule has 0 fully saturated rings. The van der Waals surface area contributed by atoms with E-state index in [9.17, 15) is 4.79 Å². The molecular weight excluding hydrogens is 300 g/mol. The molecule has 0 aliphatic heterocycles. The van der Waals surface area contributed by atoms with E-state index in [1.165, 1.54) is 18.6 Å². The molecule has 1 amide bonds. The minimum absolute atomic E-state index is 0.0579. The Balaban J connectivity index is 1.69. The van der Waals surface area contributed by atoms with Crippen molar-refractivity contribution in [3.8, 4) is 11.6 Å². The Labute approximate surface area is 131 Å². The van der Waals surface area contributed by atoms with Gasteiger partial charge in [0.05, 0.1) is 11.9 Å². The molecule has 3 rings (SSSR count). The highest BCUT2D eigenvalue weighted by atomic mass is 16.5. The first-order chi connectivity index (χ1) is 11.1. The zero-order valence-electron chi connectivity index (χ0n) is 12.6. The SMILES string of the molecule is CC(C)Cc1cc(C(=O)Nc2nnc(-c3cnccn3)o2)on1. The molecule has 0 atom stereocenters. The molecule has 0 saturated heterocycles. The van der Waals surface area contributed by atoms with Crippen LogP contribution in [0.4, 0.5) is 6.01 Å². The summed E-state index contributed by atoms with van der Waals surface area (Å²) < 4.78 is 10.3. The topological polar surface area (TPSA) is 120 Å². The Morgan fingerprint density at radius 3 is 2.91 bits per heavy atom. The van der Waals surface area contributed by atoms with Crippen LogP contribution in [0.3, 0.4) is 0 Å². The van der Waals surface area contributed by atoms with Gasteiger partial charge < -0.3 is 8.94 Å². The van der Waals surface area contributed by atoms with Crippen LogP contribution < -0.4 is 5.32 Å². The molecule has 118 valence electrons. The lowest BCUT2D eigenvalue weighted by atomic mass is 10.1. The molecule has 3 heterocycles. The van der Waals surface area contributed by atoms with E-state index < -0.39 is 5.91 Å². The third-order valence-corrected chi connectivity index (χ3v) is 2.83. The molecule has 0 spiro atoms. The molecule has 0 radical (unpaired) electrons. The minimum atomic E-state index is -0.512. The number of rotatable bonds is 5. The molecule has 0 aliphatic rings. The zero-order valence-corrected chi connectivity index (χ0v) is 12.6. The molecule has 9 heteroatoms. The normalized spacial score (nSPS) is 10.9. The summed E-state index contributed by atoms with van der Waals surface area (Å²) in [7, 11) is 0. The zero-order chi connectivity index (χ0) is 16.2. The average Bonchev–Trinajstić information content (AvgIpc) is 3.17. The third kappa shape index (κ3) is 3.57. The number of carbonyl (C=O) groups excluding carboxylic acids is 1. The van der Waals surface area contributed by atoms with E-state index >= 15 is 0 Å². The highest BCUT2D eigenvalue weighted by Gasteiger charge is 2.17. The smallest absolute Gasteiger partial charge is 0.322 e. The summed E-state index contributed by atoms with van der Waals surface area (Å²) in [5.74, 6) is 0.148. The fraction of sp³-hybridized carbons (Fsp3) is 0.286. The van der Waals surface area contributed by atoms with Crippen molar-refractivity contribution in [2.75, 3.05) is 5.32 Å². The Kier molecular flexibility index (Phi) is 4.09. The molecule has 0 saturated carbocycles. The van der Waals surface area contributed by atoms with Crippen LogP contribution in [-0.4, -0.2) is 31.2 Å². The van der Waals surface area contributed by atoms with Crippen molar-refractivity contribution in [2.24, 2.45) is 5.92 Å². The second kappa shape index (κ2) is 6.34. The summed E-state index contributed by atoms with van der Waals surface area (Å²) in [6.07, 6.45) is 5.24. The van der Waals surface area contributed by atoms with Gasteiger partial charge in [-0.25, -0.2) is 4.98 Å². The fourth-order valence-corrected chi connectivity index (χ4v) is 1.88. The van der Waals surface area contributed by atoms with E-state index in [0.29, 0.717) is 11.6 Å². The van der Waals surface area contributed by atoms with E-state index in [4.69, 9.17) is 8.94 Å². The lowest BCUT2D eigenvalue weighted by Gasteiger charge is -1.97. The molecule has 0 aliphatic carbocycles. The van der Waals surface area contributed by atoms with Gasteiger partial charge in [0, 0.05) is 18.5 Å². The first kappa shape index (κ1) is 14.8. The Bertz CT molecular complexity index is 796. The average molecular weight is 314 g/mol. The lowest BCUT2D eigenvalue weighted by molar-refractivity contribution is 0.0985. The standard InChI is InChI=1S/C14H14N6O3/c1-8(2)5-9-6-11(23-20-9)12(21)17-14-19-18-13(22-14)10-7-15-3-4-16-10/h3-4,6-8H,5H2,1-2H3,(H,17,19,21). The molecule has 0 aromatic carbocycles. The molecule has 3 aromatic heterocycles. The number of nitrogens with one attached hydrogen (secondary N) is 1. The molecule has 9 nitrogen and oxygen atoms in total. The molecular formula is C14H14N6O3. The quantitative estimate of drug-likeness (QED) is 0.758. The van der Waals surface area contributed by atoms with Gasteiger partial charge in [-0.1, -0.05) is 24.1 Å². The number of anilines is 1. The number of amides is 1. The Hall–Kier alpha value is -3.10. The maximum Gasteiger partial charge on any atom is 0.322 e. The van der Waals surface area contributed by atoms with Gasteiger partial charge in [0.2, 0.25) is 5.76 Å². The van der Waals surface area contributed by atoms with E-state index in [2.05, 4.69) is 44.5 Å². The van der Waals surface area contributed by atoms with Gasteiger partial charge in [-0.05, 0) is 12.3 Å². The predicted molar refractivity (Wildman–Crippen MR) is 78.3 cm³/mol. The van der Waals surface area contributed by atoms with Crippen LogP contribution in [0.15, 0.2) is 33.6 Å². The van der Waals surface area contributed by atoms with Gasteiger partial charge in [0.15, 0.2) is 0 Å². The third-order valence-electron chi connectivity index (χ3n) is 2.83. The largest absolute Gasteiger partial charge is 0.401 e. The van der Waals surface area contributed by atoms with Crippen LogP contribution in [-0.2, 0) is 6.42 Å². The van der Waals surface area contributed by atoms with Crippen LogP contribution in [0.5, 0.6) is 0 Å². The van der Waals surface area contributed by atoms with Crippen LogP contribution in [0.25, 0.3) is 11.6 Å². The van der Waals surface area contributed by atoms with Crippen molar-refractivity contribution in [3.05, 3.63) is 36.1 Å². The second-order valence-electron chi connectivity index (χ2n) is 5.24. The van der Waals surface area contributed by atoms with Crippen LogP contribution in [0.2, 0.25) is 0 Å². The van der Waals surface area contributed by atoms with Gasteiger partial charge in [-0.2, -0.15) is 0 Å². The number of hydrogen-bond donors (Lipinski definition) is 1. The predicted octanol–water partition coefficient (Wildman–Crippen LogP) is 1.97. The monoisotopic (exact) mass is 314 g/mol. The highest BCUT2D eigenvalue weighted by Crippen LogP contribution is 2.17. The summed E-state index contributed by atoms with van der Waals surface area (Å²) in [5, 5.41) is 13.8. The van der Waals surface area contributed by atoms with Crippen molar-refractivity contribution >= 4 is 11.9 Å². The molecule has 23 heavy (non-hydrogen) atoms. The van der Waals surface area contributed by atoms with Crippen LogP contribution in [0, 0.1) is 5.92 Å². The molecule has 0 bridgehead atoms. The van der Waals surface area contributed by atoms with Crippen LogP contribution in [0.1, 0.15) is 30.1 Å². The summed E-state index contributed by atoms with van der Waals surface area (Å²) >= 11 is 0. The minimum Gasteiger partial charge on any atom is -0.401 e. The summed E-state index contributed by atoms with van der Waals surface area (Å²) in [6, 6.07) is 1.53. The molecule has 1 N–H and O–H groups in total. The summed E-state index contributed by atoms with van der Waals surface area (Å²) in [4.78, 5) is 20.0. The van der Waals surface area contributed by atoms with Crippen molar-refractivity contribution in [1.29, 1.82) is 0 Å². The first-order valence-electron chi connectivity index (χ1n) is 6.98. The second-order valence-corrected chi connectivity index (χ2v) is 5.24. The number of carbonyl (C=O) groups is 1. The highest BCUT2D eigenvalue weighted by molar-refractivity contribution is 6.00. The molecule has 0 unspecified atom stereocenters. The van der Waals surface area contributed by atoms with E-state index in [1.54, 1.807) is 6.07 Å². The van der Waals surface area contributed by atoms with Crippen molar-refractivity contribution in [1.82, 2.24) is 25.3 Å². The summed E-state index contributed by atoms with van der Waals surface area (Å²) in [6.45, 7) is 4.11. The van der Waals surface area contributed by atoms with Crippen molar-refractivity contribution in [3.63, 3.8) is 0 Å². The molecule has 3 aromatic rings. The lowest BCUT2D eigenvalue weighted by Crippen LogP contribution is -2.11. The fourth-order valence-electron chi connectivity index (χ4n) is 1.88. The number of nitrogens with zero attached hydrogens (tertiary/aromatic N) is 5. The maximum absolute atomic E-state index is 12.1. The van der Waals surface area contributed by atoms with E-state index in [0.717, 1.165) is 12.1 Å². The van der Waals surface area contributed by atoms with E-state index in [1.807, 2.05) is 0 Å². The van der Waals surface area contributed by atoms with Gasteiger partial charge in [-0.15, -0.1) is 5.10 Å². The van der Waals surface area contributed by atoms with E-state index in [-0.39, 0.29) is 17.7 Å². The summed E-state index contributed by atoms with van der Waals surface area (Å²) in [5.41, 5.74) is 1.13. The van der Waals surface area contributed by atoms with Gasteiger partial charge in [-0.3, -0.25) is 15.1 Å². The van der Waals surface area contributed by atoms with Crippen molar-refractivity contribution < 1.29 is 13.7 Å². The van der Waals surface area contributed by atoms with Crippen molar-refractivity contribution in [2.45, 2.75) is 20.3 Å². The van der Waals surface area contributed by atoms with Gasteiger partial charge in [0.25, 0.3) is 11.8 Å². The van der Waals surface area contributed by atoms with Gasteiger partial charge in [0.1, 0.15) is 5.69 Å².